The van der Waals surface area contributed by atoms with Gasteiger partial charge < -0.3 is 15.2 Å². The van der Waals surface area contributed by atoms with Crippen molar-refractivity contribution in [1.29, 1.82) is 0 Å². The molecule has 0 amide bonds. The predicted octanol–water partition coefficient (Wildman–Crippen LogP) is 1.61. The Morgan fingerprint density at radius 1 is 1.35 bits per heavy atom. The molecule has 0 aromatic rings. The summed E-state index contributed by atoms with van der Waals surface area (Å²) >= 11 is 0. The van der Waals surface area contributed by atoms with Crippen LogP contribution in [0.3, 0.4) is 0 Å². The molecule has 1 rings (SSSR count). The lowest BCUT2D eigenvalue weighted by Gasteiger charge is -2.32. The molecule has 2 N–H and O–H groups in total. The zero-order chi connectivity index (χ0) is 12.6. The molecule has 4 heteroatoms. The highest BCUT2D eigenvalue weighted by molar-refractivity contribution is 5.69. The Bertz CT molecular complexity index is 225. The van der Waals surface area contributed by atoms with Crippen LogP contribution in [0.25, 0.3) is 0 Å². The van der Waals surface area contributed by atoms with Crippen molar-refractivity contribution >= 4 is 5.97 Å². The van der Waals surface area contributed by atoms with Crippen molar-refractivity contribution in [3.05, 3.63) is 0 Å². The van der Waals surface area contributed by atoms with Gasteiger partial charge in [0.15, 0.2) is 0 Å². The first-order valence-electron chi connectivity index (χ1n) is 6.75. The van der Waals surface area contributed by atoms with Crippen molar-refractivity contribution in [2.45, 2.75) is 57.5 Å². The number of rotatable bonds is 7. The Kier molecular flexibility index (Phi) is 6.52. The minimum atomic E-state index is -0.512. The maximum absolute atomic E-state index is 11.1. The van der Waals surface area contributed by atoms with Crippen LogP contribution in [-0.4, -0.2) is 36.4 Å². The minimum absolute atomic E-state index is 0.134. The lowest BCUT2D eigenvalue weighted by molar-refractivity contribution is -0.143. The Hall–Kier alpha value is -0.610. The molecule has 17 heavy (non-hydrogen) atoms. The van der Waals surface area contributed by atoms with E-state index in [0.29, 0.717) is 19.6 Å². The molecule has 0 aromatic heterocycles. The third kappa shape index (κ3) is 6.03. The summed E-state index contributed by atoms with van der Waals surface area (Å²) in [5.74, 6) is -0.134. The monoisotopic (exact) mass is 243 g/mol. The SMILES string of the molecule is CCOC(=O)CCCNCC1(O)CCCCC1. The molecule has 0 radical (unpaired) electrons. The van der Waals surface area contributed by atoms with Crippen molar-refractivity contribution in [3.63, 3.8) is 0 Å². The number of ether oxygens (including phenoxy) is 1. The maximum atomic E-state index is 11.1. The van der Waals surface area contributed by atoms with Crippen LogP contribution in [-0.2, 0) is 9.53 Å². The zero-order valence-corrected chi connectivity index (χ0v) is 10.8. The third-order valence-electron chi connectivity index (χ3n) is 3.28. The summed E-state index contributed by atoms with van der Waals surface area (Å²) in [7, 11) is 0. The Labute approximate surface area is 104 Å². The van der Waals surface area contributed by atoms with Gasteiger partial charge in [0.2, 0.25) is 0 Å². The van der Waals surface area contributed by atoms with Crippen LogP contribution in [0.15, 0.2) is 0 Å². The smallest absolute Gasteiger partial charge is 0.305 e. The van der Waals surface area contributed by atoms with E-state index in [9.17, 15) is 9.90 Å². The van der Waals surface area contributed by atoms with Gasteiger partial charge >= 0.3 is 5.97 Å². The summed E-state index contributed by atoms with van der Waals surface area (Å²) in [4.78, 5) is 11.1. The van der Waals surface area contributed by atoms with Gasteiger partial charge in [-0.3, -0.25) is 4.79 Å². The second kappa shape index (κ2) is 7.67. The molecule has 1 aliphatic carbocycles. The molecule has 0 aromatic carbocycles. The molecule has 1 aliphatic rings. The molecule has 0 spiro atoms. The second-order valence-corrected chi connectivity index (χ2v) is 4.87. The normalized spacial score (nSPS) is 18.9. The summed E-state index contributed by atoms with van der Waals surface area (Å²) in [5, 5.41) is 13.4. The van der Waals surface area contributed by atoms with E-state index in [-0.39, 0.29) is 5.97 Å². The van der Waals surface area contributed by atoms with E-state index in [1.807, 2.05) is 6.92 Å². The Morgan fingerprint density at radius 2 is 2.06 bits per heavy atom. The standard InChI is InChI=1S/C13H25NO3/c1-2-17-12(15)7-6-10-14-11-13(16)8-4-3-5-9-13/h14,16H,2-11H2,1H3. The quantitative estimate of drug-likeness (QED) is 0.527. The molecule has 0 heterocycles. The third-order valence-corrected chi connectivity index (χ3v) is 3.28. The summed E-state index contributed by atoms with van der Waals surface area (Å²) in [5.41, 5.74) is -0.512. The number of hydrogen-bond acceptors (Lipinski definition) is 4. The molecule has 0 unspecified atom stereocenters. The van der Waals surface area contributed by atoms with Gasteiger partial charge in [0.05, 0.1) is 12.2 Å². The van der Waals surface area contributed by atoms with Crippen LogP contribution in [0.1, 0.15) is 51.9 Å². The number of aliphatic hydroxyl groups is 1. The van der Waals surface area contributed by atoms with Crippen LogP contribution < -0.4 is 5.32 Å². The Morgan fingerprint density at radius 3 is 2.71 bits per heavy atom. The van der Waals surface area contributed by atoms with E-state index < -0.39 is 5.60 Å². The number of esters is 1. The highest BCUT2D eigenvalue weighted by Crippen LogP contribution is 2.27. The minimum Gasteiger partial charge on any atom is -0.466 e. The van der Waals surface area contributed by atoms with Crippen LogP contribution in [0.2, 0.25) is 0 Å². The Balaban J connectivity index is 2.01. The zero-order valence-electron chi connectivity index (χ0n) is 10.8. The van der Waals surface area contributed by atoms with Gasteiger partial charge in [-0.25, -0.2) is 0 Å². The predicted molar refractivity (Wildman–Crippen MR) is 66.8 cm³/mol. The van der Waals surface area contributed by atoms with Gasteiger partial charge in [-0.2, -0.15) is 0 Å². The maximum Gasteiger partial charge on any atom is 0.305 e. The molecule has 100 valence electrons. The molecular formula is C13H25NO3. The highest BCUT2D eigenvalue weighted by Gasteiger charge is 2.28. The van der Waals surface area contributed by atoms with E-state index in [0.717, 1.165) is 38.6 Å². The summed E-state index contributed by atoms with van der Waals surface area (Å²) < 4.78 is 4.84. The lowest BCUT2D eigenvalue weighted by Crippen LogP contribution is -2.42. The van der Waals surface area contributed by atoms with E-state index in [2.05, 4.69) is 5.32 Å². The fourth-order valence-corrected chi connectivity index (χ4v) is 2.30. The van der Waals surface area contributed by atoms with Crippen molar-refractivity contribution in [2.24, 2.45) is 0 Å². The van der Waals surface area contributed by atoms with E-state index in [4.69, 9.17) is 4.74 Å². The van der Waals surface area contributed by atoms with Gasteiger partial charge in [-0.1, -0.05) is 19.3 Å². The molecule has 0 aliphatic heterocycles. The van der Waals surface area contributed by atoms with Gasteiger partial charge in [-0.05, 0) is 32.7 Å². The highest BCUT2D eigenvalue weighted by atomic mass is 16.5. The molecule has 1 saturated carbocycles. The van der Waals surface area contributed by atoms with E-state index in [1.165, 1.54) is 6.42 Å². The topological polar surface area (TPSA) is 58.6 Å². The van der Waals surface area contributed by atoms with E-state index >= 15 is 0 Å². The lowest BCUT2D eigenvalue weighted by atomic mass is 9.85. The van der Waals surface area contributed by atoms with Gasteiger partial charge in [0, 0.05) is 13.0 Å². The van der Waals surface area contributed by atoms with Crippen molar-refractivity contribution in [2.75, 3.05) is 19.7 Å². The summed E-state index contributed by atoms with van der Waals surface area (Å²) in [6.07, 6.45) is 6.52. The molecule has 4 nitrogen and oxygen atoms in total. The van der Waals surface area contributed by atoms with Crippen molar-refractivity contribution < 1.29 is 14.6 Å². The van der Waals surface area contributed by atoms with E-state index in [1.54, 1.807) is 0 Å². The average Bonchev–Trinajstić information content (AvgIpc) is 2.30. The first kappa shape index (κ1) is 14.5. The molecular weight excluding hydrogens is 218 g/mol. The molecule has 1 fully saturated rings. The van der Waals surface area contributed by atoms with Gasteiger partial charge in [0.1, 0.15) is 0 Å². The van der Waals surface area contributed by atoms with Crippen molar-refractivity contribution in [3.8, 4) is 0 Å². The van der Waals surface area contributed by atoms with Crippen molar-refractivity contribution in [1.82, 2.24) is 5.32 Å². The molecule has 0 saturated heterocycles. The molecule has 0 bridgehead atoms. The largest absolute Gasteiger partial charge is 0.466 e. The van der Waals surface area contributed by atoms with Gasteiger partial charge in [-0.15, -0.1) is 0 Å². The van der Waals surface area contributed by atoms with Crippen LogP contribution >= 0.6 is 0 Å². The van der Waals surface area contributed by atoms with Crippen LogP contribution in [0.4, 0.5) is 0 Å². The first-order valence-corrected chi connectivity index (χ1v) is 6.75. The summed E-state index contributed by atoms with van der Waals surface area (Å²) in [6.45, 7) is 3.68. The average molecular weight is 243 g/mol. The summed E-state index contributed by atoms with van der Waals surface area (Å²) in [6, 6.07) is 0. The van der Waals surface area contributed by atoms with Crippen LogP contribution in [0.5, 0.6) is 0 Å². The number of hydrogen-bond donors (Lipinski definition) is 2. The van der Waals surface area contributed by atoms with Gasteiger partial charge in [0.25, 0.3) is 0 Å². The second-order valence-electron chi connectivity index (χ2n) is 4.87. The fourth-order valence-electron chi connectivity index (χ4n) is 2.30. The van der Waals surface area contributed by atoms with Crippen LogP contribution in [0, 0.1) is 0 Å². The number of carbonyl (C=O) groups is 1. The first-order chi connectivity index (χ1) is 8.16. The number of carbonyl (C=O) groups excluding carboxylic acids is 1. The molecule has 0 atom stereocenters. The number of nitrogens with one attached hydrogen (secondary N) is 1. The fraction of sp³-hybridized carbons (Fsp3) is 0.923.